The van der Waals surface area contributed by atoms with Gasteiger partial charge >= 0.3 is 5.97 Å². The summed E-state index contributed by atoms with van der Waals surface area (Å²) in [4.78, 5) is 101. The van der Waals surface area contributed by atoms with Crippen LogP contribution in [0.2, 0.25) is 0 Å². The first-order valence-electron chi connectivity index (χ1n) is 19.0. The Bertz CT molecular complexity index is 1580. The standard InChI is InChI=1S/C38H53N7O8/c1-3-4-5-6-17-32(46)41-27(22-25-12-9-13-26(39)21-25)33(47)42-28-23-53-38(52)31-16-11-20-45(31)35(49)24(2)40-34(48)29-14-7-8-18-43(29)37(51)30-15-10-19-44(30)36(28)50/h6,9,12-13,17,21,24,27-31H,3-5,7-8,10-11,14-16,18-20,22-23,39H2,1-2H3,(H,40,48)(H,41,46)(H,42,47). The van der Waals surface area contributed by atoms with Gasteiger partial charge in [0.2, 0.25) is 35.4 Å². The average molecular weight is 736 g/mol. The van der Waals surface area contributed by atoms with Gasteiger partial charge in [-0.05, 0) is 82.1 Å². The van der Waals surface area contributed by atoms with Gasteiger partial charge in [0.05, 0.1) is 0 Å². The van der Waals surface area contributed by atoms with E-state index in [1.54, 1.807) is 37.3 Å². The number of fused-ring (bicyclic) bond motifs is 3. The first-order chi connectivity index (χ1) is 25.5. The smallest absolute Gasteiger partial charge is 0.328 e. The van der Waals surface area contributed by atoms with E-state index in [4.69, 9.17) is 10.5 Å². The lowest BCUT2D eigenvalue weighted by atomic mass is 9.99. The number of ether oxygens (including phenoxy) is 1. The number of hydrogen-bond acceptors (Lipinski definition) is 9. The highest BCUT2D eigenvalue weighted by Crippen LogP contribution is 2.26. The Morgan fingerprint density at radius 2 is 1.60 bits per heavy atom. The maximum Gasteiger partial charge on any atom is 0.328 e. The van der Waals surface area contributed by atoms with Gasteiger partial charge in [-0.3, -0.25) is 28.8 Å². The number of cyclic esters (lactones) is 1. The molecular weight excluding hydrogens is 682 g/mol. The molecule has 4 fully saturated rings. The van der Waals surface area contributed by atoms with Crippen molar-refractivity contribution in [3.63, 3.8) is 0 Å². The van der Waals surface area contributed by atoms with Crippen molar-refractivity contribution >= 4 is 47.1 Å². The lowest BCUT2D eigenvalue weighted by Crippen LogP contribution is -2.62. The van der Waals surface area contributed by atoms with Crippen molar-refractivity contribution < 1.29 is 38.3 Å². The third-order valence-electron chi connectivity index (χ3n) is 10.5. The Balaban J connectivity index is 1.45. The molecule has 288 valence electrons. The first kappa shape index (κ1) is 39.3. The zero-order valence-electron chi connectivity index (χ0n) is 30.7. The summed E-state index contributed by atoms with van der Waals surface area (Å²) in [5.74, 6) is -3.87. The number of carbonyl (C=O) groups excluding carboxylic acids is 7. The van der Waals surface area contributed by atoms with E-state index in [0.717, 1.165) is 12.8 Å². The van der Waals surface area contributed by atoms with Crippen LogP contribution >= 0.6 is 0 Å². The molecule has 15 heteroatoms. The van der Waals surface area contributed by atoms with Gasteiger partial charge in [0, 0.05) is 31.7 Å². The van der Waals surface area contributed by atoms with Gasteiger partial charge in [-0.25, -0.2) is 4.79 Å². The maximum absolute atomic E-state index is 14.4. The van der Waals surface area contributed by atoms with E-state index in [1.807, 2.05) is 6.92 Å². The minimum absolute atomic E-state index is 0.0483. The number of rotatable bonds is 9. The molecule has 4 aliphatic heterocycles. The third kappa shape index (κ3) is 9.73. The Morgan fingerprint density at radius 3 is 2.34 bits per heavy atom. The van der Waals surface area contributed by atoms with Crippen LogP contribution in [0.4, 0.5) is 5.69 Å². The summed E-state index contributed by atoms with van der Waals surface area (Å²) in [5.41, 5.74) is 7.14. The number of allylic oxidation sites excluding steroid dienone is 1. The fourth-order valence-corrected chi connectivity index (χ4v) is 7.65. The molecule has 4 saturated heterocycles. The van der Waals surface area contributed by atoms with Crippen molar-refractivity contribution in [2.75, 3.05) is 32.0 Å². The molecule has 53 heavy (non-hydrogen) atoms. The van der Waals surface area contributed by atoms with E-state index in [1.165, 1.54) is 20.8 Å². The minimum Gasteiger partial charge on any atom is -0.461 e. The molecule has 5 N–H and O–H groups in total. The predicted octanol–water partition coefficient (Wildman–Crippen LogP) is 0.952. The molecule has 5 rings (SSSR count). The number of amides is 6. The average Bonchev–Trinajstić information content (AvgIpc) is 3.84. The van der Waals surface area contributed by atoms with Crippen LogP contribution in [-0.2, 0) is 44.7 Å². The molecule has 0 aliphatic carbocycles. The molecule has 0 aromatic heterocycles. The molecular formula is C38H53N7O8. The van der Waals surface area contributed by atoms with Crippen molar-refractivity contribution in [1.29, 1.82) is 0 Å². The molecule has 1 aromatic carbocycles. The van der Waals surface area contributed by atoms with Gasteiger partial charge in [0.15, 0.2) is 0 Å². The summed E-state index contributed by atoms with van der Waals surface area (Å²) < 4.78 is 5.68. The number of benzene rings is 1. The van der Waals surface area contributed by atoms with Gasteiger partial charge in [0.1, 0.15) is 42.9 Å². The van der Waals surface area contributed by atoms with Crippen LogP contribution in [0.3, 0.4) is 0 Å². The number of piperidine rings is 1. The predicted molar refractivity (Wildman–Crippen MR) is 194 cm³/mol. The summed E-state index contributed by atoms with van der Waals surface area (Å²) in [5, 5.41) is 8.24. The molecule has 6 atom stereocenters. The van der Waals surface area contributed by atoms with Gasteiger partial charge in [-0.2, -0.15) is 0 Å². The van der Waals surface area contributed by atoms with Gasteiger partial charge in [0.25, 0.3) is 0 Å². The van der Waals surface area contributed by atoms with Crippen molar-refractivity contribution in [3.05, 3.63) is 42.0 Å². The second-order valence-electron chi connectivity index (χ2n) is 14.4. The normalized spacial score (nSPS) is 26.4. The van der Waals surface area contributed by atoms with Crippen LogP contribution < -0.4 is 21.7 Å². The number of esters is 1. The van der Waals surface area contributed by atoms with Crippen LogP contribution in [0, 0.1) is 0 Å². The van der Waals surface area contributed by atoms with Gasteiger partial charge < -0.3 is 41.1 Å². The fraction of sp³-hybridized carbons (Fsp3) is 0.605. The van der Waals surface area contributed by atoms with Crippen LogP contribution in [-0.4, -0.2) is 119 Å². The number of nitrogen functional groups attached to an aromatic ring is 1. The lowest BCUT2D eigenvalue weighted by molar-refractivity contribution is -0.158. The molecule has 4 aliphatic rings. The van der Waals surface area contributed by atoms with E-state index in [9.17, 15) is 33.6 Å². The highest BCUT2D eigenvalue weighted by Gasteiger charge is 2.45. The Kier molecular flexibility index (Phi) is 13.5. The fourth-order valence-electron chi connectivity index (χ4n) is 7.65. The van der Waals surface area contributed by atoms with Crippen LogP contribution in [0.25, 0.3) is 0 Å². The second kappa shape index (κ2) is 18.2. The molecule has 6 unspecified atom stereocenters. The highest BCUT2D eigenvalue weighted by molar-refractivity contribution is 5.98. The summed E-state index contributed by atoms with van der Waals surface area (Å²) in [7, 11) is 0. The minimum atomic E-state index is -1.42. The summed E-state index contributed by atoms with van der Waals surface area (Å²) in [6, 6.07) is 0.710. The van der Waals surface area contributed by atoms with E-state index < -0.39 is 78.4 Å². The molecule has 1 aromatic rings. The Morgan fingerprint density at radius 1 is 0.925 bits per heavy atom. The number of nitrogens with zero attached hydrogens (tertiary/aromatic N) is 3. The van der Waals surface area contributed by atoms with E-state index in [-0.39, 0.29) is 25.4 Å². The van der Waals surface area contributed by atoms with Crippen molar-refractivity contribution in [2.45, 2.75) is 121 Å². The summed E-state index contributed by atoms with van der Waals surface area (Å²) in [6.07, 6.45) is 9.23. The number of anilines is 1. The number of nitrogens with two attached hydrogens (primary N) is 1. The number of hydrogen-bond donors (Lipinski definition) is 4. The van der Waals surface area contributed by atoms with E-state index in [0.29, 0.717) is 69.2 Å². The number of nitrogens with one attached hydrogen (secondary N) is 3. The monoisotopic (exact) mass is 735 g/mol. The van der Waals surface area contributed by atoms with Crippen LogP contribution in [0.15, 0.2) is 36.4 Å². The first-order valence-corrected chi connectivity index (χ1v) is 19.0. The van der Waals surface area contributed by atoms with Crippen molar-refractivity contribution in [3.8, 4) is 0 Å². The maximum atomic E-state index is 14.4. The second-order valence-corrected chi connectivity index (χ2v) is 14.4. The Hall–Kier alpha value is -4.95. The summed E-state index contributed by atoms with van der Waals surface area (Å²) >= 11 is 0. The summed E-state index contributed by atoms with van der Waals surface area (Å²) in [6.45, 7) is 3.85. The van der Waals surface area contributed by atoms with Crippen LogP contribution in [0.1, 0.15) is 83.6 Å². The zero-order valence-corrected chi connectivity index (χ0v) is 30.7. The quantitative estimate of drug-likeness (QED) is 0.123. The molecule has 0 radical (unpaired) electrons. The van der Waals surface area contributed by atoms with Crippen molar-refractivity contribution in [2.24, 2.45) is 0 Å². The molecule has 4 heterocycles. The van der Waals surface area contributed by atoms with Gasteiger partial charge in [-0.15, -0.1) is 0 Å². The highest BCUT2D eigenvalue weighted by atomic mass is 16.5. The number of carbonyl (C=O) groups is 7. The molecule has 0 bridgehead atoms. The molecule has 0 spiro atoms. The lowest BCUT2D eigenvalue weighted by Gasteiger charge is -2.39. The SMILES string of the molecule is CCCCC=CC(=O)NC(Cc1cccc(N)c1)C(=O)NC1COC(=O)C2CCCN2C(=O)C(C)NC(=O)C2CCCCN2C(=O)C2CCCN2C1=O. The Labute approximate surface area is 310 Å². The third-order valence-corrected chi connectivity index (χ3v) is 10.5. The zero-order chi connectivity index (χ0) is 38.1. The van der Waals surface area contributed by atoms with Gasteiger partial charge in [-0.1, -0.05) is 38.0 Å². The topological polar surface area (TPSA) is 201 Å². The number of unbranched alkanes of at least 4 members (excludes halogenated alkanes) is 2. The molecule has 6 amide bonds. The molecule has 0 saturated carbocycles. The largest absolute Gasteiger partial charge is 0.461 e. The van der Waals surface area contributed by atoms with Crippen LogP contribution in [0.5, 0.6) is 0 Å². The van der Waals surface area contributed by atoms with E-state index in [2.05, 4.69) is 16.0 Å². The van der Waals surface area contributed by atoms with Crippen molar-refractivity contribution in [1.82, 2.24) is 30.7 Å². The molecule has 15 nitrogen and oxygen atoms in total. The van der Waals surface area contributed by atoms with E-state index >= 15 is 0 Å².